The number of nitrogens with one attached hydrogen (secondary N) is 1. The molecule has 3 nitrogen and oxygen atoms in total. The summed E-state index contributed by atoms with van der Waals surface area (Å²) < 4.78 is 0. The Balaban J connectivity index is 2.39. The Morgan fingerprint density at radius 1 is 1.22 bits per heavy atom. The molecule has 0 spiro atoms. The van der Waals surface area contributed by atoms with Gasteiger partial charge in [0.2, 0.25) is 0 Å². The van der Waals surface area contributed by atoms with Crippen molar-refractivity contribution in [1.29, 1.82) is 0 Å². The van der Waals surface area contributed by atoms with E-state index in [1.807, 2.05) is 12.1 Å². The summed E-state index contributed by atoms with van der Waals surface area (Å²) in [6.07, 6.45) is 0. The highest BCUT2D eigenvalue weighted by atomic mass is 16.3. The Morgan fingerprint density at radius 2 is 1.89 bits per heavy atom. The highest BCUT2D eigenvalue weighted by molar-refractivity contribution is 5.22. The molecule has 0 amide bonds. The lowest BCUT2D eigenvalue weighted by Gasteiger charge is -2.23. The molecule has 0 radical (unpaired) electrons. The normalized spacial score (nSPS) is 12.9. The van der Waals surface area contributed by atoms with Crippen molar-refractivity contribution in [2.75, 3.05) is 19.6 Å². The molecule has 0 aromatic heterocycles. The Kier molecular flexibility index (Phi) is 6.94. The van der Waals surface area contributed by atoms with Crippen LogP contribution in [0.15, 0.2) is 24.3 Å². The van der Waals surface area contributed by atoms with Gasteiger partial charge in [-0.05, 0) is 31.1 Å². The van der Waals surface area contributed by atoms with Crippen LogP contribution in [0.5, 0.6) is 0 Å². The van der Waals surface area contributed by atoms with Crippen LogP contribution in [-0.4, -0.2) is 35.7 Å². The largest absolute Gasteiger partial charge is 0.392 e. The first-order valence-electron chi connectivity index (χ1n) is 6.84. The van der Waals surface area contributed by atoms with E-state index < -0.39 is 0 Å². The van der Waals surface area contributed by atoms with Gasteiger partial charge >= 0.3 is 0 Å². The SMILES string of the molecule is CCN(CC)C[C@H](C)NCc1cccc(CO)c1. The van der Waals surface area contributed by atoms with E-state index in [9.17, 15) is 0 Å². The predicted molar refractivity (Wildman–Crippen MR) is 76.5 cm³/mol. The number of aliphatic hydroxyl groups is 1. The minimum atomic E-state index is 0.114. The van der Waals surface area contributed by atoms with Gasteiger partial charge in [0, 0.05) is 19.1 Å². The van der Waals surface area contributed by atoms with E-state index in [0.717, 1.165) is 31.7 Å². The molecular weight excluding hydrogens is 224 g/mol. The van der Waals surface area contributed by atoms with Crippen LogP contribution >= 0.6 is 0 Å². The zero-order chi connectivity index (χ0) is 13.4. The van der Waals surface area contributed by atoms with Gasteiger partial charge in [-0.25, -0.2) is 0 Å². The third-order valence-corrected chi connectivity index (χ3v) is 3.26. The zero-order valence-electron chi connectivity index (χ0n) is 11.8. The van der Waals surface area contributed by atoms with Crippen LogP contribution < -0.4 is 5.32 Å². The van der Waals surface area contributed by atoms with Crippen molar-refractivity contribution in [2.45, 2.75) is 40.0 Å². The summed E-state index contributed by atoms with van der Waals surface area (Å²) in [7, 11) is 0. The van der Waals surface area contributed by atoms with Crippen molar-refractivity contribution in [2.24, 2.45) is 0 Å². The number of likely N-dealkylation sites (N-methyl/N-ethyl adjacent to an activating group) is 1. The number of hydrogen-bond acceptors (Lipinski definition) is 3. The fourth-order valence-electron chi connectivity index (χ4n) is 2.06. The summed E-state index contributed by atoms with van der Waals surface area (Å²) in [6.45, 7) is 10.9. The highest BCUT2D eigenvalue weighted by Crippen LogP contribution is 2.05. The van der Waals surface area contributed by atoms with Crippen molar-refractivity contribution in [3.8, 4) is 0 Å². The molecule has 1 rings (SSSR count). The van der Waals surface area contributed by atoms with E-state index in [1.165, 1.54) is 5.56 Å². The van der Waals surface area contributed by atoms with Crippen LogP contribution in [0.3, 0.4) is 0 Å². The van der Waals surface area contributed by atoms with Gasteiger partial charge in [0.1, 0.15) is 0 Å². The van der Waals surface area contributed by atoms with Crippen LogP contribution in [0.2, 0.25) is 0 Å². The molecule has 0 saturated carbocycles. The van der Waals surface area contributed by atoms with Crippen LogP contribution in [-0.2, 0) is 13.2 Å². The van der Waals surface area contributed by atoms with E-state index >= 15 is 0 Å². The van der Waals surface area contributed by atoms with Crippen molar-refractivity contribution >= 4 is 0 Å². The van der Waals surface area contributed by atoms with Gasteiger partial charge in [-0.1, -0.05) is 38.1 Å². The molecule has 0 aliphatic carbocycles. The molecule has 3 heteroatoms. The van der Waals surface area contributed by atoms with Crippen LogP contribution in [0.1, 0.15) is 31.9 Å². The van der Waals surface area contributed by atoms with Crippen molar-refractivity contribution < 1.29 is 5.11 Å². The number of rotatable bonds is 8. The van der Waals surface area contributed by atoms with Gasteiger partial charge in [-0.2, -0.15) is 0 Å². The number of aliphatic hydroxyl groups excluding tert-OH is 1. The summed E-state index contributed by atoms with van der Waals surface area (Å²) in [5.41, 5.74) is 2.21. The van der Waals surface area contributed by atoms with Crippen LogP contribution in [0, 0.1) is 0 Å². The molecule has 102 valence electrons. The molecule has 0 bridgehead atoms. The summed E-state index contributed by atoms with van der Waals surface area (Å²) in [5.74, 6) is 0. The molecule has 1 atom stereocenters. The predicted octanol–water partition coefficient (Wildman–Crippen LogP) is 2.00. The Bertz CT molecular complexity index is 337. The average Bonchev–Trinajstić information content (AvgIpc) is 2.42. The minimum absolute atomic E-state index is 0.114. The van der Waals surface area contributed by atoms with Gasteiger partial charge < -0.3 is 15.3 Å². The lowest BCUT2D eigenvalue weighted by atomic mass is 10.1. The van der Waals surface area contributed by atoms with Gasteiger partial charge in [0.15, 0.2) is 0 Å². The minimum Gasteiger partial charge on any atom is -0.392 e. The zero-order valence-corrected chi connectivity index (χ0v) is 11.8. The average molecular weight is 250 g/mol. The standard InChI is InChI=1S/C15H26N2O/c1-4-17(5-2)11-13(3)16-10-14-7-6-8-15(9-14)12-18/h6-9,13,16,18H,4-5,10-12H2,1-3H3/t13-/m0/s1. The van der Waals surface area contributed by atoms with Gasteiger partial charge in [-0.3, -0.25) is 0 Å². The second-order valence-electron chi connectivity index (χ2n) is 4.75. The molecule has 1 aromatic rings. The number of hydrogen-bond donors (Lipinski definition) is 2. The maximum Gasteiger partial charge on any atom is 0.0681 e. The fraction of sp³-hybridized carbons (Fsp3) is 0.600. The molecule has 0 aliphatic rings. The molecule has 1 aromatic carbocycles. The molecule has 18 heavy (non-hydrogen) atoms. The summed E-state index contributed by atoms with van der Waals surface area (Å²) in [4.78, 5) is 2.42. The van der Waals surface area contributed by atoms with Crippen molar-refractivity contribution in [3.63, 3.8) is 0 Å². The summed E-state index contributed by atoms with van der Waals surface area (Å²) >= 11 is 0. The smallest absolute Gasteiger partial charge is 0.0681 e. The molecular formula is C15H26N2O. The molecule has 2 N–H and O–H groups in total. The van der Waals surface area contributed by atoms with Gasteiger partial charge in [0.05, 0.1) is 6.61 Å². The van der Waals surface area contributed by atoms with Gasteiger partial charge in [-0.15, -0.1) is 0 Å². The molecule has 0 unspecified atom stereocenters. The topological polar surface area (TPSA) is 35.5 Å². The second-order valence-corrected chi connectivity index (χ2v) is 4.75. The molecule has 0 fully saturated rings. The quantitative estimate of drug-likeness (QED) is 0.741. The van der Waals surface area contributed by atoms with Gasteiger partial charge in [0.25, 0.3) is 0 Å². The Morgan fingerprint density at radius 3 is 2.50 bits per heavy atom. The highest BCUT2D eigenvalue weighted by Gasteiger charge is 2.06. The third-order valence-electron chi connectivity index (χ3n) is 3.26. The second kappa shape index (κ2) is 8.25. The third kappa shape index (κ3) is 5.17. The van der Waals surface area contributed by atoms with E-state index in [2.05, 4.69) is 43.1 Å². The van der Waals surface area contributed by atoms with E-state index in [4.69, 9.17) is 5.11 Å². The van der Waals surface area contributed by atoms with E-state index in [-0.39, 0.29) is 6.61 Å². The maximum atomic E-state index is 9.10. The fourth-order valence-corrected chi connectivity index (χ4v) is 2.06. The Hall–Kier alpha value is -0.900. The summed E-state index contributed by atoms with van der Waals surface area (Å²) in [6, 6.07) is 8.57. The van der Waals surface area contributed by atoms with E-state index in [1.54, 1.807) is 0 Å². The molecule has 0 aliphatic heterocycles. The first kappa shape index (κ1) is 15.2. The Labute approximate surface area is 111 Å². The van der Waals surface area contributed by atoms with Crippen LogP contribution in [0.25, 0.3) is 0 Å². The maximum absolute atomic E-state index is 9.10. The summed E-state index contributed by atoms with van der Waals surface area (Å²) in [5, 5.41) is 12.6. The lowest BCUT2D eigenvalue weighted by Crippen LogP contribution is -2.38. The van der Waals surface area contributed by atoms with Crippen molar-refractivity contribution in [3.05, 3.63) is 35.4 Å². The van der Waals surface area contributed by atoms with Crippen molar-refractivity contribution in [1.82, 2.24) is 10.2 Å². The van der Waals surface area contributed by atoms with Crippen LogP contribution in [0.4, 0.5) is 0 Å². The first-order valence-corrected chi connectivity index (χ1v) is 6.84. The first-order chi connectivity index (χ1) is 8.69. The monoisotopic (exact) mass is 250 g/mol. The molecule has 0 saturated heterocycles. The lowest BCUT2D eigenvalue weighted by molar-refractivity contribution is 0.270. The number of benzene rings is 1. The number of nitrogens with zero attached hydrogens (tertiary/aromatic N) is 1. The van der Waals surface area contributed by atoms with E-state index in [0.29, 0.717) is 6.04 Å². The molecule has 0 heterocycles.